The molecule has 1 aromatic carbocycles. The Morgan fingerprint density at radius 1 is 1.43 bits per heavy atom. The number of amides is 2. The third-order valence-electron chi connectivity index (χ3n) is 3.63. The van der Waals surface area contributed by atoms with Crippen molar-refractivity contribution < 1.29 is 19.4 Å². The zero-order chi connectivity index (χ0) is 15.6. The van der Waals surface area contributed by atoms with Crippen molar-refractivity contribution >= 4 is 29.3 Å². The number of hydrogen-bond donors (Lipinski definition) is 2. The maximum Gasteiger partial charge on any atom is 0.321 e. The minimum Gasteiger partial charge on any atom is -0.497 e. The Morgan fingerprint density at radius 2 is 2.14 bits per heavy atom. The number of aliphatic carboxylic acids is 1. The van der Waals surface area contributed by atoms with Crippen molar-refractivity contribution in [3.05, 3.63) is 23.2 Å². The number of halogens is 1. The third kappa shape index (κ3) is 3.39. The highest BCUT2D eigenvalue weighted by molar-refractivity contribution is 6.33. The Hall–Kier alpha value is -1.95. The minimum atomic E-state index is -0.878. The molecular formula is C14H17ClN2O4. The van der Waals surface area contributed by atoms with Crippen LogP contribution in [0.2, 0.25) is 5.02 Å². The Morgan fingerprint density at radius 3 is 2.71 bits per heavy atom. The van der Waals surface area contributed by atoms with Crippen LogP contribution in [-0.2, 0) is 4.79 Å². The second-order valence-corrected chi connectivity index (χ2v) is 5.51. The summed E-state index contributed by atoms with van der Waals surface area (Å²) in [6, 6.07) is 4.58. The molecule has 0 radical (unpaired) electrons. The van der Waals surface area contributed by atoms with Crippen LogP contribution in [0.5, 0.6) is 5.75 Å². The van der Waals surface area contributed by atoms with Crippen LogP contribution in [0, 0.1) is 11.8 Å². The van der Waals surface area contributed by atoms with Gasteiger partial charge in [0.2, 0.25) is 0 Å². The summed E-state index contributed by atoms with van der Waals surface area (Å²) in [5.41, 5.74) is 0.437. The van der Waals surface area contributed by atoms with Crippen molar-refractivity contribution in [2.75, 3.05) is 25.5 Å². The Balaban J connectivity index is 2.07. The molecule has 0 aliphatic carbocycles. The van der Waals surface area contributed by atoms with Gasteiger partial charge in [0.15, 0.2) is 0 Å². The smallest absolute Gasteiger partial charge is 0.321 e. The number of nitrogens with one attached hydrogen (secondary N) is 1. The number of anilines is 1. The van der Waals surface area contributed by atoms with E-state index in [9.17, 15) is 9.59 Å². The van der Waals surface area contributed by atoms with Crippen LogP contribution in [0.3, 0.4) is 0 Å². The summed E-state index contributed by atoms with van der Waals surface area (Å²) in [6.45, 7) is 2.43. The Labute approximate surface area is 127 Å². The van der Waals surface area contributed by atoms with Crippen molar-refractivity contribution in [3.63, 3.8) is 0 Å². The van der Waals surface area contributed by atoms with Crippen LogP contribution in [0.15, 0.2) is 18.2 Å². The van der Waals surface area contributed by atoms with E-state index in [1.807, 2.05) is 6.92 Å². The highest BCUT2D eigenvalue weighted by atomic mass is 35.5. The summed E-state index contributed by atoms with van der Waals surface area (Å²) in [6.07, 6.45) is 0. The van der Waals surface area contributed by atoms with Gasteiger partial charge in [-0.3, -0.25) is 4.79 Å². The molecule has 1 heterocycles. The number of ether oxygens (including phenoxy) is 1. The fourth-order valence-electron chi connectivity index (χ4n) is 2.38. The predicted octanol–water partition coefficient (Wildman–Crippen LogP) is 2.53. The molecule has 114 valence electrons. The molecule has 1 aromatic rings. The van der Waals surface area contributed by atoms with Gasteiger partial charge in [0.05, 0.1) is 23.7 Å². The van der Waals surface area contributed by atoms with Crippen molar-refractivity contribution in [1.82, 2.24) is 4.90 Å². The number of likely N-dealkylation sites (tertiary alicyclic amines) is 1. The molecule has 2 atom stereocenters. The SMILES string of the molecule is COc1ccc(Cl)c(NC(=O)N2CC(C)C(C(=O)O)C2)c1. The number of carbonyl (C=O) groups excluding carboxylic acids is 1. The number of hydrogen-bond acceptors (Lipinski definition) is 3. The molecule has 0 aromatic heterocycles. The fraction of sp³-hybridized carbons (Fsp3) is 0.429. The van der Waals surface area contributed by atoms with E-state index in [1.54, 1.807) is 18.2 Å². The molecule has 6 nitrogen and oxygen atoms in total. The van der Waals surface area contributed by atoms with E-state index in [0.29, 0.717) is 23.0 Å². The van der Waals surface area contributed by atoms with E-state index in [4.69, 9.17) is 21.4 Å². The fourth-order valence-corrected chi connectivity index (χ4v) is 2.54. The lowest BCUT2D eigenvalue weighted by atomic mass is 9.99. The van der Waals surface area contributed by atoms with Crippen LogP contribution in [0.1, 0.15) is 6.92 Å². The maximum absolute atomic E-state index is 12.2. The average Bonchev–Trinajstić information content (AvgIpc) is 2.83. The highest BCUT2D eigenvalue weighted by Gasteiger charge is 2.37. The standard InChI is InChI=1S/C14H17ClN2O4/c1-8-6-17(7-10(8)13(18)19)14(20)16-12-5-9(21-2)3-4-11(12)15/h3-5,8,10H,6-7H2,1-2H3,(H,16,20)(H,18,19). The summed E-state index contributed by atoms with van der Waals surface area (Å²) in [4.78, 5) is 24.8. The van der Waals surface area contributed by atoms with Crippen LogP contribution in [0.25, 0.3) is 0 Å². The first-order valence-corrected chi connectivity index (χ1v) is 6.92. The summed E-state index contributed by atoms with van der Waals surface area (Å²) in [5.74, 6) is -0.907. The lowest BCUT2D eigenvalue weighted by Gasteiger charge is -2.17. The van der Waals surface area contributed by atoms with E-state index in [-0.39, 0.29) is 18.5 Å². The minimum absolute atomic E-state index is 0.0750. The summed E-state index contributed by atoms with van der Waals surface area (Å²) < 4.78 is 5.08. The van der Waals surface area contributed by atoms with Gasteiger partial charge in [-0.05, 0) is 18.1 Å². The largest absolute Gasteiger partial charge is 0.497 e. The molecule has 2 amide bonds. The molecule has 2 unspecified atom stereocenters. The molecule has 7 heteroatoms. The Kier molecular flexibility index (Phi) is 4.57. The lowest BCUT2D eigenvalue weighted by Crippen LogP contribution is -2.33. The molecule has 0 bridgehead atoms. The summed E-state index contributed by atoms with van der Waals surface area (Å²) >= 11 is 6.03. The van der Waals surface area contributed by atoms with E-state index in [0.717, 1.165) is 0 Å². The molecule has 21 heavy (non-hydrogen) atoms. The van der Waals surface area contributed by atoms with Gasteiger partial charge < -0.3 is 20.1 Å². The number of nitrogens with zero attached hydrogens (tertiary/aromatic N) is 1. The summed E-state index contributed by atoms with van der Waals surface area (Å²) in [5, 5.41) is 12.2. The van der Waals surface area contributed by atoms with Gasteiger partial charge in [0.25, 0.3) is 0 Å². The van der Waals surface area contributed by atoms with Crippen LogP contribution < -0.4 is 10.1 Å². The van der Waals surface area contributed by atoms with Crippen LogP contribution >= 0.6 is 11.6 Å². The van der Waals surface area contributed by atoms with Gasteiger partial charge in [0, 0.05) is 19.2 Å². The van der Waals surface area contributed by atoms with Crippen molar-refractivity contribution in [1.29, 1.82) is 0 Å². The molecular weight excluding hydrogens is 296 g/mol. The number of carboxylic acids is 1. The maximum atomic E-state index is 12.2. The van der Waals surface area contributed by atoms with Crippen molar-refractivity contribution in [2.45, 2.75) is 6.92 Å². The quantitative estimate of drug-likeness (QED) is 0.899. The third-order valence-corrected chi connectivity index (χ3v) is 3.96. The zero-order valence-corrected chi connectivity index (χ0v) is 12.6. The van der Waals surface area contributed by atoms with E-state index in [2.05, 4.69) is 5.32 Å². The van der Waals surface area contributed by atoms with Crippen LogP contribution in [0.4, 0.5) is 10.5 Å². The molecule has 0 spiro atoms. The number of carboxylic acid groups (broad SMARTS) is 1. The second-order valence-electron chi connectivity index (χ2n) is 5.10. The van der Waals surface area contributed by atoms with E-state index >= 15 is 0 Å². The average molecular weight is 313 g/mol. The lowest BCUT2D eigenvalue weighted by molar-refractivity contribution is -0.142. The number of rotatable bonds is 3. The monoisotopic (exact) mass is 312 g/mol. The van der Waals surface area contributed by atoms with Gasteiger partial charge in [0.1, 0.15) is 5.75 Å². The molecule has 1 saturated heterocycles. The normalized spacial score (nSPS) is 21.2. The van der Waals surface area contributed by atoms with E-state index in [1.165, 1.54) is 12.0 Å². The van der Waals surface area contributed by atoms with Gasteiger partial charge in [-0.15, -0.1) is 0 Å². The number of carbonyl (C=O) groups is 2. The zero-order valence-electron chi connectivity index (χ0n) is 11.8. The van der Waals surface area contributed by atoms with Crippen molar-refractivity contribution in [2.24, 2.45) is 11.8 Å². The molecule has 1 aliphatic heterocycles. The van der Waals surface area contributed by atoms with Crippen molar-refractivity contribution in [3.8, 4) is 5.75 Å². The second kappa shape index (κ2) is 6.22. The molecule has 2 N–H and O–H groups in total. The molecule has 2 rings (SSSR count). The number of benzene rings is 1. The number of urea groups is 1. The molecule has 1 fully saturated rings. The van der Waals surface area contributed by atoms with Gasteiger partial charge in [-0.2, -0.15) is 0 Å². The van der Waals surface area contributed by atoms with Crippen LogP contribution in [-0.4, -0.2) is 42.2 Å². The topological polar surface area (TPSA) is 78.9 Å². The van der Waals surface area contributed by atoms with Gasteiger partial charge >= 0.3 is 12.0 Å². The van der Waals surface area contributed by atoms with Gasteiger partial charge in [-0.25, -0.2) is 4.79 Å². The first-order chi connectivity index (χ1) is 9.92. The molecule has 1 aliphatic rings. The summed E-state index contributed by atoms with van der Waals surface area (Å²) in [7, 11) is 1.52. The Bertz CT molecular complexity index is 564. The van der Waals surface area contributed by atoms with E-state index < -0.39 is 11.9 Å². The number of methoxy groups -OCH3 is 1. The molecule has 0 saturated carbocycles. The predicted molar refractivity (Wildman–Crippen MR) is 78.9 cm³/mol. The first-order valence-electron chi connectivity index (χ1n) is 6.54. The van der Waals surface area contributed by atoms with Gasteiger partial charge in [-0.1, -0.05) is 18.5 Å². The first kappa shape index (κ1) is 15.4. The highest BCUT2D eigenvalue weighted by Crippen LogP contribution is 2.28.